The predicted octanol–water partition coefficient (Wildman–Crippen LogP) is 1.85. The molecule has 0 spiro atoms. The molecule has 1 aromatic carbocycles. The Morgan fingerprint density at radius 2 is 1.93 bits per heavy atom. The van der Waals surface area contributed by atoms with E-state index in [1.807, 2.05) is 38.1 Å². The molecule has 0 aliphatic carbocycles. The van der Waals surface area contributed by atoms with E-state index in [1.54, 1.807) is 4.90 Å². The summed E-state index contributed by atoms with van der Waals surface area (Å²) >= 11 is 0. The second-order valence-electron chi connectivity index (χ2n) is 7.82. The number of likely N-dealkylation sites (tertiary alicyclic amines) is 2. The van der Waals surface area contributed by atoms with E-state index in [9.17, 15) is 19.5 Å². The zero-order chi connectivity index (χ0) is 19.6. The molecule has 2 saturated heterocycles. The van der Waals surface area contributed by atoms with Crippen molar-refractivity contribution in [1.82, 2.24) is 15.1 Å². The third-order valence-corrected chi connectivity index (χ3v) is 5.39. The van der Waals surface area contributed by atoms with Gasteiger partial charge < -0.3 is 20.2 Å². The summed E-state index contributed by atoms with van der Waals surface area (Å²) < 4.78 is 0. The van der Waals surface area contributed by atoms with Crippen LogP contribution in [0.1, 0.15) is 30.9 Å². The van der Waals surface area contributed by atoms with Crippen LogP contribution in [0.15, 0.2) is 24.3 Å². The van der Waals surface area contributed by atoms with E-state index in [2.05, 4.69) is 5.32 Å². The second-order valence-corrected chi connectivity index (χ2v) is 7.82. The maximum atomic E-state index is 12.6. The van der Waals surface area contributed by atoms with Gasteiger partial charge in [-0.25, -0.2) is 4.79 Å². The molecule has 1 aromatic rings. The highest BCUT2D eigenvalue weighted by molar-refractivity contribution is 5.88. The van der Waals surface area contributed by atoms with E-state index >= 15 is 0 Å². The third-order valence-electron chi connectivity index (χ3n) is 5.39. The highest BCUT2D eigenvalue weighted by Crippen LogP contribution is 2.22. The van der Waals surface area contributed by atoms with Gasteiger partial charge in [-0.05, 0) is 31.2 Å². The summed E-state index contributed by atoms with van der Waals surface area (Å²) in [5.74, 6) is -1.37. The number of urea groups is 1. The fourth-order valence-corrected chi connectivity index (χ4v) is 3.88. The van der Waals surface area contributed by atoms with E-state index in [-0.39, 0.29) is 24.4 Å². The van der Waals surface area contributed by atoms with Gasteiger partial charge in [-0.15, -0.1) is 0 Å². The number of benzene rings is 1. The number of aryl methyl sites for hydroxylation is 1. The highest BCUT2D eigenvalue weighted by Gasteiger charge is 2.36. The molecule has 0 bridgehead atoms. The molecule has 27 heavy (non-hydrogen) atoms. The van der Waals surface area contributed by atoms with Crippen molar-refractivity contribution in [2.75, 3.05) is 19.6 Å². The van der Waals surface area contributed by atoms with Crippen LogP contribution in [0.25, 0.3) is 0 Å². The molecule has 2 fully saturated rings. The van der Waals surface area contributed by atoms with Crippen LogP contribution in [-0.2, 0) is 16.1 Å². The molecule has 3 unspecified atom stereocenters. The smallest absolute Gasteiger partial charge is 0.318 e. The van der Waals surface area contributed by atoms with Gasteiger partial charge in [0.15, 0.2) is 0 Å². The van der Waals surface area contributed by atoms with Gasteiger partial charge in [0.05, 0.1) is 5.92 Å². The number of nitrogens with zero attached hydrogens (tertiary/aromatic N) is 2. The minimum Gasteiger partial charge on any atom is -0.481 e. The molecule has 146 valence electrons. The average molecular weight is 373 g/mol. The number of nitrogens with one attached hydrogen (secondary N) is 1. The van der Waals surface area contributed by atoms with Gasteiger partial charge in [-0.2, -0.15) is 0 Å². The van der Waals surface area contributed by atoms with Crippen molar-refractivity contribution < 1.29 is 19.5 Å². The van der Waals surface area contributed by atoms with Crippen LogP contribution in [0.5, 0.6) is 0 Å². The van der Waals surface area contributed by atoms with Gasteiger partial charge in [0.1, 0.15) is 6.04 Å². The molecule has 7 heteroatoms. The van der Waals surface area contributed by atoms with Crippen LogP contribution in [-0.4, -0.2) is 58.5 Å². The van der Waals surface area contributed by atoms with E-state index in [0.29, 0.717) is 32.5 Å². The Labute approximate surface area is 159 Å². The molecule has 0 radical (unpaired) electrons. The molecule has 2 aliphatic rings. The summed E-state index contributed by atoms with van der Waals surface area (Å²) in [6.07, 6.45) is 1.15. The van der Waals surface area contributed by atoms with E-state index in [0.717, 1.165) is 5.56 Å². The average Bonchev–Trinajstić information content (AvgIpc) is 2.96. The lowest BCUT2D eigenvalue weighted by atomic mass is 9.91. The summed E-state index contributed by atoms with van der Waals surface area (Å²) in [5, 5.41) is 12.1. The molecule has 2 N–H and O–H groups in total. The van der Waals surface area contributed by atoms with Crippen molar-refractivity contribution >= 4 is 17.9 Å². The number of carbonyl (C=O) groups excluding carboxylic acids is 2. The number of hydrogen-bond donors (Lipinski definition) is 2. The van der Waals surface area contributed by atoms with Gasteiger partial charge in [0, 0.05) is 26.2 Å². The van der Waals surface area contributed by atoms with Crippen LogP contribution >= 0.6 is 0 Å². The number of aliphatic carboxylic acids is 1. The maximum Gasteiger partial charge on any atom is 0.318 e. The molecule has 2 aliphatic heterocycles. The van der Waals surface area contributed by atoms with Gasteiger partial charge in [0.2, 0.25) is 5.91 Å². The van der Waals surface area contributed by atoms with E-state index < -0.39 is 17.9 Å². The number of rotatable bonds is 4. The van der Waals surface area contributed by atoms with Crippen molar-refractivity contribution in [2.24, 2.45) is 11.8 Å². The Bertz CT molecular complexity index is 718. The first kappa shape index (κ1) is 19.2. The summed E-state index contributed by atoms with van der Waals surface area (Å²) in [6, 6.07) is 7.18. The van der Waals surface area contributed by atoms with Crippen molar-refractivity contribution in [2.45, 2.75) is 39.3 Å². The number of piperidine rings is 1. The minimum absolute atomic E-state index is 0.0798. The van der Waals surface area contributed by atoms with Crippen molar-refractivity contribution in [3.8, 4) is 0 Å². The zero-order valence-electron chi connectivity index (χ0n) is 15.9. The van der Waals surface area contributed by atoms with Crippen LogP contribution in [0.3, 0.4) is 0 Å². The van der Waals surface area contributed by atoms with E-state index in [1.165, 1.54) is 10.5 Å². The fourth-order valence-electron chi connectivity index (χ4n) is 3.88. The van der Waals surface area contributed by atoms with Gasteiger partial charge in [0.25, 0.3) is 0 Å². The quantitative estimate of drug-likeness (QED) is 0.843. The summed E-state index contributed by atoms with van der Waals surface area (Å²) in [7, 11) is 0. The van der Waals surface area contributed by atoms with Crippen LogP contribution in [0, 0.1) is 18.8 Å². The molecule has 0 aromatic heterocycles. The van der Waals surface area contributed by atoms with Crippen molar-refractivity contribution in [3.05, 3.63) is 35.4 Å². The molecule has 0 saturated carbocycles. The molecule has 3 atom stereocenters. The molecule has 2 heterocycles. The van der Waals surface area contributed by atoms with E-state index in [4.69, 9.17) is 0 Å². The number of hydrogen-bond acceptors (Lipinski definition) is 3. The van der Waals surface area contributed by atoms with Crippen LogP contribution in [0.4, 0.5) is 4.79 Å². The molecular weight excluding hydrogens is 346 g/mol. The standard InChI is InChI=1S/C20H27N3O4/c1-13-3-5-15(6-4-13)11-22-8-7-17(18(22)24)21-20(27)23-10-14(2)9-16(12-23)19(25)26/h3-6,14,16-17H,7-12H2,1-2H3,(H,21,27)(H,25,26). The fraction of sp³-hybridized carbons (Fsp3) is 0.550. The largest absolute Gasteiger partial charge is 0.481 e. The monoisotopic (exact) mass is 373 g/mol. The number of carboxylic acids is 1. The lowest BCUT2D eigenvalue weighted by molar-refractivity contribution is -0.143. The zero-order valence-corrected chi connectivity index (χ0v) is 15.9. The Morgan fingerprint density at radius 3 is 2.59 bits per heavy atom. The Kier molecular flexibility index (Phi) is 5.68. The summed E-state index contributed by atoms with van der Waals surface area (Å²) in [5.41, 5.74) is 2.24. The molecule has 3 amide bonds. The predicted molar refractivity (Wildman–Crippen MR) is 100 cm³/mol. The SMILES string of the molecule is Cc1ccc(CN2CCC(NC(=O)N3CC(C)CC(C(=O)O)C3)C2=O)cc1. The first-order chi connectivity index (χ1) is 12.8. The second kappa shape index (κ2) is 7.98. The highest BCUT2D eigenvalue weighted by atomic mass is 16.4. The first-order valence-corrected chi connectivity index (χ1v) is 9.46. The number of carboxylic acid groups (broad SMARTS) is 1. The van der Waals surface area contributed by atoms with Crippen LogP contribution in [0.2, 0.25) is 0 Å². The summed E-state index contributed by atoms with van der Waals surface area (Å²) in [4.78, 5) is 39.8. The normalized spacial score (nSPS) is 25.6. The topological polar surface area (TPSA) is 90.0 Å². The first-order valence-electron chi connectivity index (χ1n) is 9.46. The lowest BCUT2D eigenvalue weighted by Crippen LogP contribution is -2.53. The lowest BCUT2D eigenvalue weighted by Gasteiger charge is -2.35. The van der Waals surface area contributed by atoms with Crippen molar-refractivity contribution in [3.63, 3.8) is 0 Å². The van der Waals surface area contributed by atoms with Crippen LogP contribution < -0.4 is 5.32 Å². The van der Waals surface area contributed by atoms with Gasteiger partial charge in [-0.1, -0.05) is 36.8 Å². The summed E-state index contributed by atoms with van der Waals surface area (Å²) in [6.45, 7) is 5.81. The van der Waals surface area contributed by atoms with Gasteiger partial charge >= 0.3 is 12.0 Å². The van der Waals surface area contributed by atoms with Crippen molar-refractivity contribution in [1.29, 1.82) is 0 Å². The third kappa shape index (κ3) is 4.59. The molecule has 7 nitrogen and oxygen atoms in total. The number of carbonyl (C=O) groups is 3. The Hall–Kier alpha value is -2.57. The minimum atomic E-state index is -0.874. The Morgan fingerprint density at radius 1 is 1.22 bits per heavy atom. The maximum absolute atomic E-state index is 12.6. The molecule has 3 rings (SSSR count). The molecular formula is C20H27N3O4. The van der Waals surface area contributed by atoms with Gasteiger partial charge in [-0.3, -0.25) is 9.59 Å². The Balaban J connectivity index is 1.56. The number of amides is 3.